The molecule has 6 heteroatoms. The van der Waals surface area contributed by atoms with Crippen molar-refractivity contribution in [3.05, 3.63) is 35.1 Å². The molecule has 0 bridgehead atoms. The van der Waals surface area contributed by atoms with Gasteiger partial charge in [-0.2, -0.15) is 0 Å². The summed E-state index contributed by atoms with van der Waals surface area (Å²) in [5, 5.41) is 0. The van der Waals surface area contributed by atoms with Crippen molar-refractivity contribution in [2.24, 2.45) is 5.84 Å². The molecule has 2 rings (SSSR count). The Morgan fingerprint density at radius 3 is 2.56 bits per heavy atom. The zero-order chi connectivity index (χ0) is 13.3. The average molecular weight is 260 g/mol. The predicted molar refractivity (Wildman–Crippen MR) is 59.9 cm³/mol. The number of halogens is 3. The molecule has 0 radical (unpaired) electrons. The Hall–Kier alpha value is -1.11. The predicted octanol–water partition coefficient (Wildman–Crippen LogP) is 2.18. The van der Waals surface area contributed by atoms with E-state index in [2.05, 4.69) is 5.43 Å². The minimum absolute atomic E-state index is 0.0181. The zero-order valence-corrected chi connectivity index (χ0v) is 9.92. The molecule has 3 nitrogen and oxygen atoms in total. The maximum Gasteiger partial charge on any atom is 0.194 e. The fraction of sp³-hybridized carbons (Fsp3) is 0.500. The summed E-state index contributed by atoms with van der Waals surface area (Å²) in [6, 6.07) is 1.38. The van der Waals surface area contributed by atoms with Crippen molar-refractivity contribution in [3.63, 3.8) is 0 Å². The number of ether oxygens (including phenoxy) is 1. The molecule has 1 saturated heterocycles. The second kappa shape index (κ2) is 5.26. The number of rotatable bonds is 3. The molecule has 1 aliphatic rings. The number of benzene rings is 1. The number of nitrogens with one attached hydrogen (secondary N) is 1. The van der Waals surface area contributed by atoms with Crippen molar-refractivity contribution < 1.29 is 17.9 Å². The minimum atomic E-state index is -1.49. The van der Waals surface area contributed by atoms with Gasteiger partial charge in [-0.05, 0) is 25.8 Å². The summed E-state index contributed by atoms with van der Waals surface area (Å²) < 4.78 is 45.3. The zero-order valence-electron chi connectivity index (χ0n) is 9.92. The van der Waals surface area contributed by atoms with Crippen molar-refractivity contribution >= 4 is 0 Å². The molecule has 3 N–H and O–H groups in total. The molecule has 1 aliphatic heterocycles. The van der Waals surface area contributed by atoms with Crippen molar-refractivity contribution in [1.82, 2.24) is 5.43 Å². The van der Waals surface area contributed by atoms with E-state index in [1.54, 1.807) is 0 Å². The normalized spacial score (nSPS) is 25.4. The first-order valence-electron chi connectivity index (χ1n) is 5.79. The van der Waals surface area contributed by atoms with E-state index in [0.717, 1.165) is 12.5 Å². The molecular weight excluding hydrogens is 245 g/mol. The summed E-state index contributed by atoms with van der Waals surface area (Å²) in [7, 11) is 0. The van der Waals surface area contributed by atoms with Crippen LogP contribution in [0.3, 0.4) is 0 Å². The fourth-order valence-electron chi connectivity index (χ4n) is 2.26. The highest BCUT2D eigenvalue weighted by Gasteiger charge is 2.32. The quantitative estimate of drug-likeness (QED) is 0.497. The van der Waals surface area contributed by atoms with E-state index in [4.69, 9.17) is 10.6 Å². The molecule has 0 saturated carbocycles. The van der Waals surface area contributed by atoms with Gasteiger partial charge in [0, 0.05) is 5.56 Å². The third kappa shape index (κ3) is 2.36. The molecule has 18 heavy (non-hydrogen) atoms. The van der Waals surface area contributed by atoms with E-state index in [9.17, 15) is 13.2 Å². The maximum absolute atomic E-state index is 13.7. The summed E-state index contributed by atoms with van der Waals surface area (Å²) in [5.41, 5.74) is 2.40. The molecule has 3 unspecified atom stereocenters. The molecule has 3 atom stereocenters. The lowest BCUT2D eigenvalue weighted by Crippen LogP contribution is -2.37. The molecule has 1 aromatic rings. The van der Waals surface area contributed by atoms with Crippen molar-refractivity contribution in [1.29, 1.82) is 0 Å². The largest absolute Gasteiger partial charge is 0.373 e. The highest BCUT2D eigenvalue weighted by atomic mass is 19.2. The molecule has 0 amide bonds. The Bertz CT molecular complexity index is 442. The van der Waals surface area contributed by atoms with Gasteiger partial charge in [-0.3, -0.25) is 11.3 Å². The van der Waals surface area contributed by atoms with Gasteiger partial charge in [0.1, 0.15) is 0 Å². The molecule has 1 heterocycles. The van der Waals surface area contributed by atoms with Gasteiger partial charge in [-0.25, -0.2) is 13.2 Å². The molecule has 1 aromatic carbocycles. The number of nitrogens with two attached hydrogens (primary N) is 1. The van der Waals surface area contributed by atoms with Crippen LogP contribution < -0.4 is 11.3 Å². The second-order valence-electron chi connectivity index (χ2n) is 4.47. The monoisotopic (exact) mass is 260 g/mol. The summed E-state index contributed by atoms with van der Waals surface area (Å²) in [4.78, 5) is 0. The van der Waals surface area contributed by atoms with E-state index in [1.165, 1.54) is 6.07 Å². The van der Waals surface area contributed by atoms with Gasteiger partial charge in [0.2, 0.25) is 0 Å². The Balaban J connectivity index is 2.30. The average Bonchev–Trinajstić information content (AvgIpc) is 2.77. The van der Waals surface area contributed by atoms with Crippen molar-refractivity contribution in [2.45, 2.75) is 38.0 Å². The third-order valence-electron chi connectivity index (χ3n) is 3.22. The van der Waals surface area contributed by atoms with E-state index in [1.807, 2.05) is 6.92 Å². The van der Waals surface area contributed by atoms with E-state index in [0.29, 0.717) is 6.42 Å². The Kier molecular flexibility index (Phi) is 3.89. The SMILES string of the molecule is CC1CCC(C(NN)c2ccc(F)c(F)c2F)O1. The second-order valence-corrected chi connectivity index (χ2v) is 4.47. The minimum Gasteiger partial charge on any atom is -0.373 e. The van der Waals surface area contributed by atoms with Crippen LogP contribution in [0.15, 0.2) is 12.1 Å². The summed E-state index contributed by atoms with van der Waals surface area (Å²) in [6.45, 7) is 1.90. The van der Waals surface area contributed by atoms with E-state index in [-0.39, 0.29) is 17.8 Å². The van der Waals surface area contributed by atoms with Gasteiger partial charge < -0.3 is 4.74 Å². The standard InChI is InChI=1S/C12H15F3N2O/c1-6-2-5-9(18-6)12(17-16)7-3-4-8(13)11(15)10(7)14/h3-4,6,9,12,17H,2,5,16H2,1H3. The first-order valence-corrected chi connectivity index (χ1v) is 5.79. The third-order valence-corrected chi connectivity index (χ3v) is 3.22. The Morgan fingerprint density at radius 1 is 1.28 bits per heavy atom. The van der Waals surface area contributed by atoms with Crippen LogP contribution in [0.25, 0.3) is 0 Å². The smallest absolute Gasteiger partial charge is 0.194 e. The van der Waals surface area contributed by atoms with Crippen LogP contribution in [0.5, 0.6) is 0 Å². The van der Waals surface area contributed by atoms with Crippen LogP contribution in [0.1, 0.15) is 31.4 Å². The molecule has 100 valence electrons. The van der Waals surface area contributed by atoms with Crippen molar-refractivity contribution in [3.8, 4) is 0 Å². The summed E-state index contributed by atoms with van der Waals surface area (Å²) in [5.74, 6) is 1.45. The molecule has 0 aromatic heterocycles. The maximum atomic E-state index is 13.7. The van der Waals surface area contributed by atoms with Crippen molar-refractivity contribution in [2.75, 3.05) is 0 Å². The highest BCUT2D eigenvalue weighted by Crippen LogP contribution is 2.31. The van der Waals surface area contributed by atoms with Gasteiger partial charge in [0.15, 0.2) is 17.5 Å². The number of hydrazine groups is 1. The van der Waals surface area contributed by atoms with Gasteiger partial charge >= 0.3 is 0 Å². The first kappa shape index (κ1) is 13.3. The van der Waals surface area contributed by atoms with Crippen LogP contribution in [-0.2, 0) is 4.74 Å². The van der Waals surface area contributed by atoms with Crippen LogP contribution >= 0.6 is 0 Å². The number of hydrogen-bond donors (Lipinski definition) is 2. The lowest BCUT2D eigenvalue weighted by Gasteiger charge is -2.23. The van der Waals surface area contributed by atoms with Crippen LogP contribution in [0.4, 0.5) is 13.2 Å². The van der Waals surface area contributed by atoms with Crippen LogP contribution in [0, 0.1) is 17.5 Å². The van der Waals surface area contributed by atoms with Gasteiger partial charge in [0.25, 0.3) is 0 Å². The van der Waals surface area contributed by atoms with Gasteiger partial charge in [-0.1, -0.05) is 6.07 Å². The van der Waals surface area contributed by atoms with Crippen LogP contribution in [0.2, 0.25) is 0 Å². The fourth-order valence-corrected chi connectivity index (χ4v) is 2.26. The Labute approximate surface area is 103 Å². The van der Waals surface area contributed by atoms with Crippen LogP contribution in [-0.4, -0.2) is 12.2 Å². The number of hydrogen-bond acceptors (Lipinski definition) is 3. The molecule has 0 aliphatic carbocycles. The van der Waals surface area contributed by atoms with E-state index < -0.39 is 23.5 Å². The molecular formula is C12H15F3N2O. The van der Waals surface area contributed by atoms with Gasteiger partial charge in [0.05, 0.1) is 18.2 Å². The summed E-state index contributed by atoms with van der Waals surface area (Å²) >= 11 is 0. The molecule has 0 spiro atoms. The lowest BCUT2D eigenvalue weighted by molar-refractivity contribution is 0.0306. The lowest BCUT2D eigenvalue weighted by atomic mass is 9.99. The highest BCUT2D eigenvalue weighted by molar-refractivity contribution is 5.24. The Morgan fingerprint density at radius 2 is 2.00 bits per heavy atom. The topological polar surface area (TPSA) is 47.3 Å². The summed E-state index contributed by atoms with van der Waals surface area (Å²) in [6.07, 6.45) is 1.23. The van der Waals surface area contributed by atoms with E-state index >= 15 is 0 Å². The first-order chi connectivity index (χ1) is 8.54. The molecule has 1 fully saturated rings. The van der Waals surface area contributed by atoms with Gasteiger partial charge in [-0.15, -0.1) is 0 Å².